The standard InChI is InChI=1S/C28H28ClF2N5O3S/c1-3-23(37)34-6-7-35(16(2)12-34)27-20-11-21(29)24(19-5-4-17(30)10-22(19)31)26-25(20)36(28(38)32-27)18(14-40-26)13-33-8-9-39-15-33/h3-5,10-11,16,18H,1,6-9,12-15H2,2H3/t16-,18?/m0/s1. The first-order valence-electron chi connectivity index (χ1n) is 13.1. The van der Waals surface area contributed by atoms with Crippen molar-refractivity contribution in [1.82, 2.24) is 19.4 Å². The molecule has 2 saturated heterocycles. The molecule has 0 spiro atoms. The van der Waals surface area contributed by atoms with Crippen molar-refractivity contribution < 1.29 is 18.3 Å². The Morgan fingerprint density at radius 2 is 2.10 bits per heavy atom. The number of anilines is 1. The molecule has 3 aliphatic rings. The fourth-order valence-corrected chi connectivity index (χ4v) is 7.54. The van der Waals surface area contributed by atoms with E-state index < -0.39 is 17.3 Å². The van der Waals surface area contributed by atoms with Crippen LogP contribution in [-0.2, 0) is 9.53 Å². The lowest BCUT2D eigenvalue weighted by atomic mass is 10.0. The molecule has 2 fully saturated rings. The Kier molecular flexibility index (Phi) is 7.32. The van der Waals surface area contributed by atoms with Crippen LogP contribution in [0.4, 0.5) is 14.6 Å². The van der Waals surface area contributed by atoms with Gasteiger partial charge in [0.25, 0.3) is 0 Å². The molecule has 4 heterocycles. The first kappa shape index (κ1) is 27.2. The van der Waals surface area contributed by atoms with E-state index in [0.29, 0.717) is 72.4 Å². The molecule has 0 N–H and O–H groups in total. The molecule has 2 atom stereocenters. The highest BCUT2D eigenvalue weighted by atomic mass is 35.5. The van der Waals surface area contributed by atoms with Crippen LogP contribution in [0.25, 0.3) is 22.0 Å². The van der Waals surface area contributed by atoms with E-state index in [1.54, 1.807) is 15.5 Å². The zero-order valence-electron chi connectivity index (χ0n) is 21.9. The van der Waals surface area contributed by atoms with Crippen LogP contribution in [0, 0.1) is 11.6 Å². The van der Waals surface area contributed by atoms with E-state index in [1.165, 1.54) is 30.0 Å². The molecular formula is C28H28ClF2N5O3S. The van der Waals surface area contributed by atoms with E-state index in [9.17, 15) is 14.0 Å². The lowest BCUT2D eigenvalue weighted by Crippen LogP contribution is -2.54. The maximum atomic E-state index is 15.1. The normalized spacial score (nSPS) is 21.3. The summed E-state index contributed by atoms with van der Waals surface area (Å²) in [6, 6.07) is 4.82. The molecule has 0 radical (unpaired) electrons. The van der Waals surface area contributed by atoms with Gasteiger partial charge in [-0.1, -0.05) is 18.2 Å². The number of ether oxygens (including phenoxy) is 1. The summed E-state index contributed by atoms with van der Waals surface area (Å²) in [5, 5.41) is 0.962. The van der Waals surface area contributed by atoms with E-state index in [-0.39, 0.29) is 28.6 Å². The average Bonchev–Trinajstić information content (AvgIpc) is 3.44. The van der Waals surface area contributed by atoms with Gasteiger partial charge in [-0.2, -0.15) is 4.98 Å². The van der Waals surface area contributed by atoms with Crippen LogP contribution in [0.5, 0.6) is 0 Å². The average molecular weight is 588 g/mol. The van der Waals surface area contributed by atoms with Crippen LogP contribution < -0.4 is 10.6 Å². The number of hydrogen-bond donors (Lipinski definition) is 0. The van der Waals surface area contributed by atoms with Crippen molar-refractivity contribution in [3.8, 4) is 11.1 Å². The Balaban J connectivity index is 1.54. The number of amides is 1. The molecule has 3 aromatic rings. The second kappa shape index (κ2) is 10.8. The molecule has 8 nitrogen and oxygen atoms in total. The van der Waals surface area contributed by atoms with E-state index in [2.05, 4.69) is 16.5 Å². The van der Waals surface area contributed by atoms with Gasteiger partial charge in [0.2, 0.25) is 5.91 Å². The molecule has 1 aromatic heterocycles. The summed E-state index contributed by atoms with van der Waals surface area (Å²) in [5.74, 6) is -0.521. The quantitative estimate of drug-likeness (QED) is 0.415. The van der Waals surface area contributed by atoms with E-state index >= 15 is 4.39 Å². The second-order valence-electron chi connectivity index (χ2n) is 10.3. The predicted octanol–water partition coefficient (Wildman–Crippen LogP) is 4.15. The fraction of sp³-hybridized carbons (Fsp3) is 0.393. The molecule has 0 saturated carbocycles. The van der Waals surface area contributed by atoms with Crippen molar-refractivity contribution >= 4 is 46.0 Å². The van der Waals surface area contributed by atoms with Gasteiger partial charge in [-0.15, -0.1) is 11.8 Å². The first-order chi connectivity index (χ1) is 19.3. The van der Waals surface area contributed by atoms with Gasteiger partial charge < -0.3 is 14.5 Å². The monoisotopic (exact) mass is 587 g/mol. The lowest BCUT2D eigenvalue weighted by molar-refractivity contribution is -0.126. The molecule has 40 heavy (non-hydrogen) atoms. The molecule has 2 aromatic carbocycles. The Bertz CT molecular complexity index is 1580. The number of piperazine rings is 1. The van der Waals surface area contributed by atoms with Gasteiger partial charge in [-0.3, -0.25) is 14.3 Å². The number of benzene rings is 2. The second-order valence-corrected chi connectivity index (χ2v) is 11.7. The Morgan fingerprint density at radius 1 is 1.27 bits per heavy atom. The number of rotatable bonds is 5. The summed E-state index contributed by atoms with van der Waals surface area (Å²) in [6.07, 6.45) is 1.30. The maximum Gasteiger partial charge on any atom is 0.350 e. The molecule has 0 bridgehead atoms. The summed E-state index contributed by atoms with van der Waals surface area (Å²) in [7, 11) is 0. The van der Waals surface area contributed by atoms with Crippen LogP contribution in [0.3, 0.4) is 0 Å². The Morgan fingerprint density at radius 3 is 2.80 bits per heavy atom. The smallest absolute Gasteiger partial charge is 0.350 e. The van der Waals surface area contributed by atoms with Crippen molar-refractivity contribution in [2.75, 3.05) is 56.7 Å². The van der Waals surface area contributed by atoms with Crippen LogP contribution in [-0.4, -0.2) is 83.1 Å². The van der Waals surface area contributed by atoms with E-state index in [1.807, 2.05) is 11.8 Å². The van der Waals surface area contributed by atoms with E-state index in [4.69, 9.17) is 16.3 Å². The van der Waals surface area contributed by atoms with Crippen molar-refractivity contribution in [3.63, 3.8) is 0 Å². The third-order valence-corrected chi connectivity index (χ3v) is 9.30. The molecule has 0 aliphatic carbocycles. The summed E-state index contributed by atoms with van der Waals surface area (Å²) < 4.78 is 36.1. The fourth-order valence-electron chi connectivity index (χ4n) is 5.85. The molecule has 1 unspecified atom stereocenters. The number of carbonyl (C=O) groups excluding carboxylic acids is 1. The zero-order chi connectivity index (χ0) is 28.1. The van der Waals surface area contributed by atoms with Gasteiger partial charge in [0, 0.05) is 72.0 Å². The molecule has 12 heteroatoms. The highest BCUT2D eigenvalue weighted by Gasteiger charge is 2.34. The number of thioether (sulfide) groups is 1. The Hall–Kier alpha value is -2.99. The van der Waals surface area contributed by atoms with Crippen molar-refractivity contribution in [3.05, 3.63) is 64.1 Å². The van der Waals surface area contributed by atoms with Crippen LogP contribution in [0.1, 0.15) is 13.0 Å². The topological polar surface area (TPSA) is 70.9 Å². The minimum absolute atomic E-state index is 0.131. The minimum atomic E-state index is -0.728. The van der Waals surface area contributed by atoms with Crippen molar-refractivity contribution in [1.29, 1.82) is 0 Å². The summed E-state index contributed by atoms with van der Waals surface area (Å²) in [6.45, 7) is 9.44. The molecule has 210 valence electrons. The number of aromatic nitrogens is 2. The predicted molar refractivity (Wildman–Crippen MR) is 152 cm³/mol. The largest absolute Gasteiger partial charge is 0.365 e. The van der Waals surface area contributed by atoms with Gasteiger partial charge in [-0.25, -0.2) is 13.6 Å². The highest BCUT2D eigenvalue weighted by molar-refractivity contribution is 7.99. The highest BCUT2D eigenvalue weighted by Crippen LogP contribution is 2.48. The zero-order valence-corrected chi connectivity index (χ0v) is 23.5. The van der Waals surface area contributed by atoms with Gasteiger partial charge in [0.15, 0.2) is 0 Å². The number of halogens is 3. The Labute approximate surface area is 239 Å². The van der Waals surface area contributed by atoms with Crippen LogP contribution in [0.2, 0.25) is 5.02 Å². The molecule has 1 amide bonds. The van der Waals surface area contributed by atoms with Gasteiger partial charge >= 0.3 is 5.69 Å². The molecular weight excluding hydrogens is 560 g/mol. The van der Waals surface area contributed by atoms with Crippen LogP contribution >= 0.6 is 23.4 Å². The van der Waals surface area contributed by atoms with Gasteiger partial charge in [0.1, 0.15) is 17.5 Å². The summed E-state index contributed by atoms with van der Waals surface area (Å²) in [4.78, 5) is 37.2. The number of hydrogen-bond acceptors (Lipinski definition) is 7. The third kappa shape index (κ3) is 4.68. The molecule has 6 rings (SSSR count). The third-order valence-electron chi connectivity index (χ3n) is 7.76. The summed E-state index contributed by atoms with van der Waals surface area (Å²) in [5.41, 5.74) is 0.832. The first-order valence-corrected chi connectivity index (χ1v) is 14.5. The van der Waals surface area contributed by atoms with Gasteiger partial charge in [-0.05, 0) is 31.2 Å². The molecule has 3 aliphatic heterocycles. The lowest BCUT2D eigenvalue weighted by Gasteiger charge is -2.41. The van der Waals surface area contributed by atoms with Gasteiger partial charge in [0.05, 0.1) is 29.9 Å². The van der Waals surface area contributed by atoms with Crippen LogP contribution in [0.15, 0.2) is 46.6 Å². The summed E-state index contributed by atoms with van der Waals surface area (Å²) >= 11 is 8.37. The number of carbonyl (C=O) groups is 1. The number of nitrogens with zero attached hydrogens (tertiary/aromatic N) is 5. The maximum absolute atomic E-state index is 15.1. The van der Waals surface area contributed by atoms with E-state index in [0.717, 1.165) is 12.6 Å². The van der Waals surface area contributed by atoms with Crippen molar-refractivity contribution in [2.24, 2.45) is 0 Å². The minimum Gasteiger partial charge on any atom is -0.365 e. The SMILES string of the molecule is C=CC(=O)N1CCN(c2nc(=O)n3c4c(c(-c5ccc(F)cc5F)c(Cl)cc24)SCC3CN2CCOC2)[C@@H](C)C1. The van der Waals surface area contributed by atoms with Crippen molar-refractivity contribution in [2.45, 2.75) is 23.9 Å².